The van der Waals surface area contributed by atoms with Gasteiger partial charge >= 0.3 is 0 Å². The number of aromatic amines is 2. The predicted octanol–water partition coefficient (Wildman–Crippen LogP) is 5.88. The Balaban J connectivity index is 1.84. The molecule has 2 N–H and O–H groups in total. The van der Waals surface area contributed by atoms with E-state index in [1.165, 1.54) is 6.07 Å². The van der Waals surface area contributed by atoms with E-state index in [0.29, 0.717) is 5.69 Å². The second-order valence-electron chi connectivity index (χ2n) is 9.38. The summed E-state index contributed by atoms with van der Waals surface area (Å²) in [4.78, 5) is 11.6. The molecule has 6 nitrogen and oxygen atoms in total. The van der Waals surface area contributed by atoms with Crippen LogP contribution >= 0.6 is 0 Å². The van der Waals surface area contributed by atoms with Crippen LogP contribution in [-0.2, 0) is 0 Å². The molecule has 0 aliphatic rings. The molecule has 7 heteroatoms. The van der Waals surface area contributed by atoms with Gasteiger partial charge in [-0.2, -0.15) is 10.2 Å². The highest BCUT2D eigenvalue weighted by Gasteiger charge is 2.39. The van der Waals surface area contributed by atoms with Gasteiger partial charge in [-0.25, -0.2) is 5.10 Å². The highest BCUT2D eigenvalue weighted by atomic mass is 28.4. The van der Waals surface area contributed by atoms with Crippen LogP contribution in [0.25, 0.3) is 33.8 Å². The lowest BCUT2D eigenvalue weighted by atomic mass is 9.99. The summed E-state index contributed by atoms with van der Waals surface area (Å²) in [7, 11) is -1.98. The van der Waals surface area contributed by atoms with Crippen molar-refractivity contribution in [1.82, 2.24) is 20.4 Å². The molecular formula is C25H28N4O2Si. The van der Waals surface area contributed by atoms with Gasteiger partial charge in [-0.05, 0) is 36.3 Å². The maximum absolute atomic E-state index is 11.6. The summed E-state index contributed by atoms with van der Waals surface area (Å²) in [6, 6.07) is 21.2. The van der Waals surface area contributed by atoms with Crippen LogP contribution in [-0.4, -0.2) is 28.7 Å². The molecule has 0 spiro atoms. The predicted molar refractivity (Wildman–Crippen MR) is 131 cm³/mol. The summed E-state index contributed by atoms with van der Waals surface area (Å²) in [5.74, 6) is 0.832. The van der Waals surface area contributed by atoms with Gasteiger partial charge in [0.05, 0.1) is 17.0 Å². The van der Waals surface area contributed by atoms with E-state index in [-0.39, 0.29) is 10.6 Å². The Bertz CT molecular complexity index is 1270. The zero-order valence-corrected chi connectivity index (χ0v) is 20.1. The van der Waals surface area contributed by atoms with Crippen molar-refractivity contribution >= 4 is 8.32 Å². The summed E-state index contributed by atoms with van der Waals surface area (Å²) in [6.45, 7) is 11.1. The van der Waals surface area contributed by atoms with Crippen LogP contribution in [0.2, 0.25) is 18.1 Å². The first-order chi connectivity index (χ1) is 15.2. The van der Waals surface area contributed by atoms with Gasteiger partial charge in [0.15, 0.2) is 0 Å². The summed E-state index contributed by atoms with van der Waals surface area (Å²) in [6.07, 6.45) is 0. The monoisotopic (exact) mass is 444 g/mol. The molecule has 2 aromatic heterocycles. The van der Waals surface area contributed by atoms with Crippen molar-refractivity contribution in [2.75, 3.05) is 0 Å². The molecular weight excluding hydrogens is 416 g/mol. The summed E-state index contributed by atoms with van der Waals surface area (Å²) < 4.78 is 6.52. The number of nitrogens with one attached hydrogen (secondary N) is 2. The molecule has 2 aromatic carbocycles. The smallest absolute Gasteiger partial charge is 0.264 e. The molecule has 0 saturated carbocycles. The minimum Gasteiger partial charge on any atom is -0.543 e. The molecule has 0 bridgehead atoms. The zero-order valence-electron chi connectivity index (χ0n) is 19.1. The van der Waals surface area contributed by atoms with Gasteiger partial charge in [0, 0.05) is 17.2 Å². The van der Waals surface area contributed by atoms with E-state index in [0.717, 1.165) is 33.8 Å². The average Bonchev–Trinajstić information content (AvgIpc) is 3.19. The number of H-pyrrole nitrogens is 2. The molecule has 0 amide bonds. The van der Waals surface area contributed by atoms with E-state index in [9.17, 15) is 4.79 Å². The van der Waals surface area contributed by atoms with E-state index in [4.69, 9.17) is 4.43 Å². The van der Waals surface area contributed by atoms with Crippen LogP contribution in [0.3, 0.4) is 0 Å². The fourth-order valence-corrected chi connectivity index (χ4v) is 4.27. The summed E-state index contributed by atoms with van der Waals surface area (Å²) in [5.41, 5.74) is 4.73. The van der Waals surface area contributed by atoms with E-state index >= 15 is 0 Å². The molecule has 164 valence electrons. The molecule has 4 rings (SSSR count). The Morgan fingerprint density at radius 1 is 0.844 bits per heavy atom. The first kappa shape index (κ1) is 21.8. The van der Waals surface area contributed by atoms with E-state index in [1.807, 2.05) is 54.6 Å². The van der Waals surface area contributed by atoms with Crippen molar-refractivity contribution in [2.45, 2.75) is 38.9 Å². The lowest BCUT2D eigenvalue weighted by molar-refractivity contribution is 0.492. The Kier molecular flexibility index (Phi) is 5.60. The largest absolute Gasteiger partial charge is 0.543 e. The molecule has 0 aliphatic heterocycles. The number of benzene rings is 2. The number of rotatable bonds is 5. The summed E-state index contributed by atoms with van der Waals surface area (Å²) >= 11 is 0. The zero-order chi connectivity index (χ0) is 22.9. The van der Waals surface area contributed by atoms with Crippen molar-refractivity contribution < 1.29 is 4.43 Å². The topological polar surface area (TPSA) is 83.7 Å². The number of nitrogens with zero attached hydrogens (tertiary/aromatic N) is 2. The van der Waals surface area contributed by atoms with Crippen LogP contribution in [0.1, 0.15) is 20.8 Å². The highest BCUT2D eigenvalue weighted by Crippen LogP contribution is 2.40. The third-order valence-electron chi connectivity index (χ3n) is 6.05. The summed E-state index contributed by atoms with van der Waals surface area (Å²) in [5, 5.41) is 14.7. The van der Waals surface area contributed by atoms with Gasteiger partial charge in [0.2, 0.25) is 8.32 Å². The second kappa shape index (κ2) is 8.24. The Labute approximate surface area is 188 Å². The first-order valence-corrected chi connectivity index (χ1v) is 13.6. The van der Waals surface area contributed by atoms with Gasteiger partial charge in [-0.15, -0.1) is 0 Å². The fourth-order valence-electron chi connectivity index (χ4n) is 3.25. The van der Waals surface area contributed by atoms with Crippen molar-refractivity contribution in [1.29, 1.82) is 0 Å². The molecule has 2 heterocycles. The molecule has 0 saturated heterocycles. The Morgan fingerprint density at radius 2 is 1.56 bits per heavy atom. The second-order valence-corrected chi connectivity index (χ2v) is 14.1. The number of hydrogen-bond acceptors (Lipinski definition) is 4. The minimum absolute atomic E-state index is 0.0980. The van der Waals surface area contributed by atoms with Crippen LogP contribution in [0.5, 0.6) is 5.75 Å². The molecule has 32 heavy (non-hydrogen) atoms. The Morgan fingerprint density at radius 3 is 2.22 bits per heavy atom. The van der Waals surface area contributed by atoms with Gasteiger partial charge in [-0.3, -0.25) is 9.89 Å². The fraction of sp³-hybridized carbons (Fsp3) is 0.240. The first-order valence-electron chi connectivity index (χ1n) is 10.6. The molecule has 0 unspecified atom stereocenters. The third kappa shape index (κ3) is 4.29. The van der Waals surface area contributed by atoms with E-state index < -0.39 is 8.32 Å². The maximum atomic E-state index is 11.6. The standard InChI is InChI=1S/C25H28N4O2Si/c1-25(2,3)32(4,5)31-19-13-9-12-18(16-19)24-22(20-14-15-21(30)27-26-20)23(28-29-24)17-10-7-6-8-11-17/h6-16H,1-5H3,(H,27,30)(H,28,29). The average molecular weight is 445 g/mol. The van der Waals surface area contributed by atoms with Gasteiger partial charge < -0.3 is 4.43 Å². The van der Waals surface area contributed by atoms with Crippen LogP contribution in [0.4, 0.5) is 0 Å². The molecule has 0 aliphatic carbocycles. The van der Waals surface area contributed by atoms with Crippen LogP contribution in [0, 0.1) is 0 Å². The van der Waals surface area contributed by atoms with Crippen LogP contribution < -0.4 is 9.99 Å². The van der Waals surface area contributed by atoms with Crippen molar-refractivity contribution in [2.24, 2.45) is 0 Å². The SMILES string of the molecule is CC(C)(C)[Si](C)(C)Oc1cccc(-c2n[nH]c(-c3ccccc3)c2-c2ccc(=O)[nH]n2)c1. The van der Waals surface area contributed by atoms with Gasteiger partial charge in [0.1, 0.15) is 11.4 Å². The normalized spacial score (nSPS) is 12.0. The third-order valence-corrected chi connectivity index (χ3v) is 10.4. The number of aromatic nitrogens is 4. The molecule has 0 radical (unpaired) electrons. The van der Waals surface area contributed by atoms with Crippen molar-refractivity contribution in [3.05, 3.63) is 77.1 Å². The lowest BCUT2D eigenvalue weighted by Crippen LogP contribution is -2.43. The number of hydrogen-bond donors (Lipinski definition) is 2. The lowest BCUT2D eigenvalue weighted by Gasteiger charge is -2.36. The molecule has 0 fully saturated rings. The van der Waals surface area contributed by atoms with Crippen molar-refractivity contribution in [3.8, 4) is 39.5 Å². The molecule has 0 atom stereocenters. The highest BCUT2D eigenvalue weighted by molar-refractivity contribution is 6.74. The van der Waals surface area contributed by atoms with E-state index in [1.54, 1.807) is 6.07 Å². The van der Waals surface area contributed by atoms with Gasteiger partial charge in [-0.1, -0.05) is 63.2 Å². The molecule has 4 aromatic rings. The quantitative estimate of drug-likeness (QED) is 0.377. The Hall–Kier alpha value is -3.45. The maximum Gasteiger partial charge on any atom is 0.264 e. The minimum atomic E-state index is -1.98. The van der Waals surface area contributed by atoms with Crippen LogP contribution in [0.15, 0.2) is 71.5 Å². The van der Waals surface area contributed by atoms with Gasteiger partial charge in [0.25, 0.3) is 5.56 Å². The van der Waals surface area contributed by atoms with Crippen molar-refractivity contribution in [3.63, 3.8) is 0 Å². The van der Waals surface area contributed by atoms with E-state index in [2.05, 4.69) is 54.3 Å².